The van der Waals surface area contributed by atoms with Crippen LogP contribution >= 0.6 is 11.6 Å². The summed E-state index contributed by atoms with van der Waals surface area (Å²) < 4.78 is 11.3. The molecule has 36 heavy (non-hydrogen) atoms. The van der Waals surface area contributed by atoms with E-state index in [1.165, 1.54) is 6.07 Å². The highest BCUT2D eigenvalue weighted by molar-refractivity contribution is 6.31. The van der Waals surface area contributed by atoms with Gasteiger partial charge in [0.25, 0.3) is 5.91 Å². The lowest BCUT2D eigenvalue weighted by Crippen LogP contribution is -2.29. The number of methoxy groups -OCH3 is 1. The number of nitrogens with one attached hydrogen (secondary N) is 1. The van der Waals surface area contributed by atoms with E-state index in [4.69, 9.17) is 21.1 Å². The molecule has 8 nitrogen and oxygen atoms in total. The summed E-state index contributed by atoms with van der Waals surface area (Å²) in [6, 6.07) is 13.5. The monoisotopic (exact) mass is 502 g/mol. The standard InChI is InChI=1S/C27H23ClN4O4/c1-3-11-36-21-9-6-17(12-22(21)35-2)26-23-24(19-13-18(28)7-8-20(19)33)30-31-25(23)27(34)32(26)15-16-5-4-10-29-14-16/h3-10,12-14,26,33H,1,11,15H2,2H3,(H,30,31). The molecule has 0 saturated heterocycles. The Hall–Kier alpha value is -4.30. The van der Waals surface area contributed by atoms with E-state index in [2.05, 4.69) is 21.8 Å². The first-order chi connectivity index (χ1) is 17.5. The van der Waals surface area contributed by atoms with E-state index < -0.39 is 6.04 Å². The van der Waals surface area contributed by atoms with Crippen molar-refractivity contribution in [2.75, 3.05) is 13.7 Å². The van der Waals surface area contributed by atoms with E-state index in [1.54, 1.807) is 48.7 Å². The topological polar surface area (TPSA) is 101 Å². The number of phenols is 1. The van der Waals surface area contributed by atoms with Gasteiger partial charge in [-0.25, -0.2) is 0 Å². The van der Waals surface area contributed by atoms with Crippen LogP contribution in [0.1, 0.15) is 33.2 Å². The molecule has 1 unspecified atom stereocenters. The van der Waals surface area contributed by atoms with Crippen LogP contribution in [-0.2, 0) is 6.54 Å². The average molecular weight is 503 g/mol. The number of aromatic hydroxyl groups is 1. The Bertz CT molecular complexity index is 1440. The summed E-state index contributed by atoms with van der Waals surface area (Å²) >= 11 is 6.23. The first-order valence-corrected chi connectivity index (χ1v) is 11.6. The van der Waals surface area contributed by atoms with Crippen LogP contribution in [0.3, 0.4) is 0 Å². The lowest BCUT2D eigenvalue weighted by atomic mass is 9.95. The number of phenolic OH excluding ortho intramolecular Hbond substituents is 1. The zero-order chi connectivity index (χ0) is 25.2. The predicted octanol–water partition coefficient (Wildman–Crippen LogP) is 5.15. The Kier molecular flexibility index (Phi) is 6.35. The number of ether oxygens (including phenoxy) is 2. The molecule has 3 heterocycles. The fourth-order valence-electron chi connectivity index (χ4n) is 4.42. The third-order valence-electron chi connectivity index (χ3n) is 6.01. The summed E-state index contributed by atoms with van der Waals surface area (Å²) in [5, 5.41) is 18.3. The molecule has 0 spiro atoms. The number of fused-ring (bicyclic) bond motifs is 1. The van der Waals surface area contributed by atoms with Gasteiger partial charge in [-0.2, -0.15) is 5.10 Å². The lowest BCUT2D eigenvalue weighted by molar-refractivity contribution is 0.0729. The Morgan fingerprint density at radius 2 is 2.08 bits per heavy atom. The number of aromatic amines is 1. The zero-order valence-corrected chi connectivity index (χ0v) is 20.2. The van der Waals surface area contributed by atoms with E-state index in [1.807, 2.05) is 24.3 Å². The molecule has 5 rings (SSSR count). The number of hydrogen-bond donors (Lipinski definition) is 2. The Morgan fingerprint density at radius 3 is 2.83 bits per heavy atom. The largest absolute Gasteiger partial charge is 0.507 e. The molecule has 4 aromatic rings. The molecule has 1 atom stereocenters. The molecule has 1 aliphatic heterocycles. The first kappa shape index (κ1) is 23.4. The number of pyridine rings is 1. The minimum absolute atomic E-state index is 0.0105. The Balaban J connectivity index is 1.66. The fraction of sp³-hybridized carbons (Fsp3) is 0.148. The number of nitrogens with zero attached hydrogens (tertiary/aromatic N) is 3. The van der Waals surface area contributed by atoms with Crippen LogP contribution in [0.25, 0.3) is 11.3 Å². The van der Waals surface area contributed by atoms with Crippen molar-refractivity contribution in [2.24, 2.45) is 0 Å². The molecule has 1 aliphatic rings. The molecular weight excluding hydrogens is 480 g/mol. The van der Waals surface area contributed by atoms with Gasteiger partial charge in [-0.15, -0.1) is 0 Å². The third kappa shape index (κ3) is 4.16. The molecule has 0 fully saturated rings. The number of halogens is 1. The normalized spacial score (nSPS) is 14.6. The Labute approximate surface area is 212 Å². The molecule has 0 aliphatic carbocycles. The molecule has 182 valence electrons. The number of carbonyl (C=O) groups excluding carboxylic acids is 1. The van der Waals surface area contributed by atoms with E-state index in [9.17, 15) is 9.90 Å². The number of benzene rings is 2. The lowest BCUT2D eigenvalue weighted by Gasteiger charge is -2.27. The second-order valence-corrected chi connectivity index (χ2v) is 8.67. The van der Waals surface area contributed by atoms with Crippen molar-refractivity contribution < 1.29 is 19.4 Å². The number of hydrogen-bond acceptors (Lipinski definition) is 6. The highest BCUT2D eigenvalue weighted by Gasteiger charge is 2.42. The van der Waals surface area contributed by atoms with Crippen LogP contribution in [0.15, 0.2) is 73.6 Å². The molecule has 1 amide bonds. The van der Waals surface area contributed by atoms with E-state index in [0.29, 0.717) is 52.2 Å². The number of carbonyl (C=O) groups is 1. The van der Waals surface area contributed by atoms with Crippen molar-refractivity contribution in [3.63, 3.8) is 0 Å². The predicted molar refractivity (Wildman–Crippen MR) is 135 cm³/mol. The van der Waals surface area contributed by atoms with Gasteiger partial charge in [0, 0.05) is 35.1 Å². The highest BCUT2D eigenvalue weighted by atomic mass is 35.5. The van der Waals surface area contributed by atoms with Crippen LogP contribution in [0.4, 0.5) is 0 Å². The van der Waals surface area contributed by atoms with Crippen molar-refractivity contribution in [3.05, 3.63) is 101 Å². The molecule has 0 radical (unpaired) electrons. The summed E-state index contributed by atoms with van der Waals surface area (Å²) in [5.41, 5.74) is 3.53. The highest BCUT2D eigenvalue weighted by Crippen LogP contribution is 2.46. The summed E-state index contributed by atoms with van der Waals surface area (Å²) in [4.78, 5) is 19.6. The number of amides is 1. The van der Waals surface area contributed by atoms with Crippen molar-refractivity contribution in [1.29, 1.82) is 0 Å². The van der Waals surface area contributed by atoms with Gasteiger partial charge in [-0.05, 0) is 47.5 Å². The van der Waals surface area contributed by atoms with Crippen molar-refractivity contribution in [2.45, 2.75) is 12.6 Å². The summed E-state index contributed by atoms with van der Waals surface area (Å²) in [6.07, 6.45) is 5.07. The maximum Gasteiger partial charge on any atom is 0.273 e. The molecular formula is C27H23ClN4O4. The molecule has 9 heteroatoms. The second-order valence-electron chi connectivity index (χ2n) is 8.23. The van der Waals surface area contributed by atoms with E-state index in [-0.39, 0.29) is 11.7 Å². The van der Waals surface area contributed by atoms with Crippen molar-refractivity contribution >= 4 is 17.5 Å². The average Bonchev–Trinajstić information content (AvgIpc) is 3.43. The van der Waals surface area contributed by atoms with Crippen LogP contribution < -0.4 is 9.47 Å². The minimum atomic E-state index is -0.526. The van der Waals surface area contributed by atoms with Gasteiger partial charge in [0.1, 0.15) is 23.7 Å². The summed E-state index contributed by atoms with van der Waals surface area (Å²) in [5.74, 6) is 0.873. The van der Waals surface area contributed by atoms with Gasteiger partial charge in [0.15, 0.2) is 11.5 Å². The van der Waals surface area contributed by atoms with E-state index in [0.717, 1.165) is 11.1 Å². The maximum absolute atomic E-state index is 13.6. The van der Waals surface area contributed by atoms with Crippen LogP contribution in [0, 0.1) is 0 Å². The van der Waals surface area contributed by atoms with Gasteiger partial charge < -0.3 is 19.5 Å². The second kappa shape index (κ2) is 9.75. The maximum atomic E-state index is 13.6. The van der Waals surface area contributed by atoms with Gasteiger partial charge in [-0.3, -0.25) is 14.9 Å². The molecule has 2 N–H and O–H groups in total. The third-order valence-corrected chi connectivity index (χ3v) is 6.25. The van der Waals surface area contributed by atoms with Crippen LogP contribution in [0.5, 0.6) is 17.2 Å². The summed E-state index contributed by atoms with van der Waals surface area (Å²) in [7, 11) is 1.56. The van der Waals surface area contributed by atoms with Gasteiger partial charge in [0.05, 0.1) is 13.2 Å². The Morgan fingerprint density at radius 1 is 1.22 bits per heavy atom. The zero-order valence-electron chi connectivity index (χ0n) is 19.4. The van der Waals surface area contributed by atoms with Gasteiger partial charge in [-0.1, -0.05) is 36.4 Å². The quantitative estimate of drug-likeness (QED) is 0.323. The van der Waals surface area contributed by atoms with Crippen LogP contribution in [-0.4, -0.2) is 44.8 Å². The van der Waals surface area contributed by atoms with E-state index >= 15 is 0 Å². The van der Waals surface area contributed by atoms with Crippen LogP contribution in [0.2, 0.25) is 5.02 Å². The van der Waals surface area contributed by atoms with Crippen molar-refractivity contribution in [1.82, 2.24) is 20.1 Å². The van der Waals surface area contributed by atoms with Crippen molar-refractivity contribution in [3.8, 4) is 28.5 Å². The summed E-state index contributed by atoms with van der Waals surface area (Å²) in [6.45, 7) is 4.33. The molecule has 0 bridgehead atoms. The van der Waals surface area contributed by atoms with Gasteiger partial charge >= 0.3 is 0 Å². The minimum Gasteiger partial charge on any atom is -0.507 e. The molecule has 2 aromatic heterocycles. The molecule has 2 aromatic carbocycles. The van der Waals surface area contributed by atoms with Gasteiger partial charge in [0.2, 0.25) is 0 Å². The first-order valence-electron chi connectivity index (χ1n) is 11.2. The SMILES string of the molecule is C=CCOc1ccc(C2c3c(-c4cc(Cl)ccc4O)n[nH]c3C(=O)N2Cc2cccnc2)cc1OC. The number of H-pyrrole nitrogens is 1. The fourth-order valence-corrected chi connectivity index (χ4v) is 4.59. The number of aromatic nitrogens is 3. The number of rotatable bonds is 8. The molecule has 0 saturated carbocycles. The smallest absolute Gasteiger partial charge is 0.273 e.